The molecule has 4 heteroatoms. The zero-order valence-electron chi connectivity index (χ0n) is 12.8. The SMILES string of the molecule is CCCCCCOC(=O)C(CC)(CC)C(=O)OCC. The monoisotopic (exact) mass is 272 g/mol. The van der Waals surface area contributed by atoms with Crippen LogP contribution in [0.25, 0.3) is 0 Å². The second-order valence-electron chi connectivity index (χ2n) is 4.71. The molecule has 0 saturated carbocycles. The van der Waals surface area contributed by atoms with Crippen LogP contribution >= 0.6 is 0 Å². The number of ether oxygens (including phenoxy) is 2. The van der Waals surface area contributed by atoms with Gasteiger partial charge in [-0.1, -0.05) is 40.0 Å². The summed E-state index contributed by atoms with van der Waals surface area (Å²) in [5.41, 5.74) is -1.12. The topological polar surface area (TPSA) is 52.6 Å². The Morgan fingerprint density at radius 3 is 1.89 bits per heavy atom. The van der Waals surface area contributed by atoms with Gasteiger partial charge < -0.3 is 9.47 Å². The summed E-state index contributed by atoms with van der Waals surface area (Å²) in [4.78, 5) is 24.1. The van der Waals surface area contributed by atoms with E-state index in [-0.39, 0.29) is 6.61 Å². The Bertz CT molecular complexity index is 269. The van der Waals surface area contributed by atoms with Gasteiger partial charge in [0.15, 0.2) is 5.41 Å². The van der Waals surface area contributed by atoms with Gasteiger partial charge in [0.25, 0.3) is 0 Å². The molecule has 0 aliphatic heterocycles. The van der Waals surface area contributed by atoms with Gasteiger partial charge in [-0.25, -0.2) is 0 Å². The van der Waals surface area contributed by atoms with Crippen molar-refractivity contribution in [1.29, 1.82) is 0 Å². The highest BCUT2D eigenvalue weighted by Crippen LogP contribution is 2.30. The first-order chi connectivity index (χ1) is 9.08. The van der Waals surface area contributed by atoms with Gasteiger partial charge in [-0.15, -0.1) is 0 Å². The third-order valence-corrected chi connectivity index (χ3v) is 3.50. The fraction of sp³-hybridized carbons (Fsp3) is 0.867. The molecule has 0 aromatic carbocycles. The van der Waals surface area contributed by atoms with E-state index in [1.165, 1.54) is 0 Å². The van der Waals surface area contributed by atoms with Crippen LogP contribution in [0.15, 0.2) is 0 Å². The fourth-order valence-electron chi connectivity index (χ4n) is 2.01. The number of carbonyl (C=O) groups is 2. The van der Waals surface area contributed by atoms with E-state index in [1.54, 1.807) is 6.92 Å². The number of carbonyl (C=O) groups excluding carboxylic acids is 2. The highest BCUT2D eigenvalue weighted by molar-refractivity contribution is 5.99. The number of esters is 2. The lowest BCUT2D eigenvalue weighted by molar-refractivity contribution is -0.173. The van der Waals surface area contributed by atoms with Gasteiger partial charge in [0.05, 0.1) is 13.2 Å². The van der Waals surface area contributed by atoms with Gasteiger partial charge in [0.2, 0.25) is 0 Å². The third-order valence-electron chi connectivity index (χ3n) is 3.50. The Morgan fingerprint density at radius 2 is 1.42 bits per heavy atom. The molecule has 0 rings (SSSR count). The molecule has 0 saturated heterocycles. The van der Waals surface area contributed by atoms with Crippen molar-refractivity contribution in [2.24, 2.45) is 5.41 Å². The van der Waals surface area contributed by atoms with Crippen molar-refractivity contribution < 1.29 is 19.1 Å². The molecule has 0 aliphatic carbocycles. The molecule has 0 spiro atoms. The normalized spacial score (nSPS) is 11.2. The van der Waals surface area contributed by atoms with Crippen LogP contribution in [-0.4, -0.2) is 25.2 Å². The van der Waals surface area contributed by atoms with Gasteiger partial charge in [-0.2, -0.15) is 0 Å². The van der Waals surface area contributed by atoms with Gasteiger partial charge in [0.1, 0.15) is 0 Å². The molecule has 112 valence electrons. The van der Waals surface area contributed by atoms with Crippen molar-refractivity contribution in [2.45, 2.75) is 66.2 Å². The first-order valence-corrected chi connectivity index (χ1v) is 7.43. The van der Waals surface area contributed by atoms with E-state index in [9.17, 15) is 9.59 Å². The molecule has 0 bridgehead atoms. The number of hydrogen-bond donors (Lipinski definition) is 0. The Hall–Kier alpha value is -1.06. The van der Waals surface area contributed by atoms with E-state index in [0.717, 1.165) is 25.7 Å². The van der Waals surface area contributed by atoms with Gasteiger partial charge >= 0.3 is 11.9 Å². The molecule has 0 N–H and O–H groups in total. The van der Waals surface area contributed by atoms with Crippen LogP contribution < -0.4 is 0 Å². The molecule has 0 heterocycles. The lowest BCUT2D eigenvalue weighted by Gasteiger charge is -2.26. The van der Waals surface area contributed by atoms with Crippen LogP contribution in [0.4, 0.5) is 0 Å². The van der Waals surface area contributed by atoms with E-state index in [2.05, 4.69) is 6.92 Å². The summed E-state index contributed by atoms with van der Waals surface area (Å²) in [5.74, 6) is -0.897. The maximum absolute atomic E-state index is 12.2. The molecule has 0 amide bonds. The molecule has 0 fully saturated rings. The second-order valence-corrected chi connectivity index (χ2v) is 4.71. The smallest absolute Gasteiger partial charge is 0.323 e. The molecular formula is C15H28O4. The van der Waals surface area contributed by atoms with E-state index >= 15 is 0 Å². The van der Waals surface area contributed by atoms with Crippen molar-refractivity contribution >= 4 is 11.9 Å². The van der Waals surface area contributed by atoms with Gasteiger partial charge in [-0.05, 0) is 26.2 Å². The van der Waals surface area contributed by atoms with Crippen molar-refractivity contribution in [1.82, 2.24) is 0 Å². The quantitative estimate of drug-likeness (QED) is 0.347. The molecular weight excluding hydrogens is 244 g/mol. The minimum Gasteiger partial charge on any atom is -0.465 e. The minimum absolute atomic E-state index is 0.282. The molecule has 0 aromatic heterocycles. The lowest BCUT2D eigenvalue weighted by Crippen LogP contribution is -2.41. The summed E-state index contributed by atoms with van der Waals surface area (Å²) in [6.07, 6.45) is 5.01. The minimum atomic E-state index is -1.12. The van der Waals surface area contributed by atoms with Gasteiger partial charge in [-0.3, -0.25) is 9.59 Å². The Morgan fingerprint density at radius 1 is 0.842 bits per heavy atom. The number of hydrogen-bond acceptors (Lipinski definition) is 4. The summed E-state index contributed by atoms with van der Waals surface area (Å²) < 4.78 is 10.3. The Balaban J connectivity index is 4.44. The number of rotatable bonds is 10. The summed E-state index contributed by atoms with van der Waals surface area (Å²) in [6, 6.07) is 0. The van der Waals surface area contributed by atoms with Crippen LogP contribution in [0.2, 0.25) is 0 Å². The fourth-order valence-corrected chi connectivity index (χ4v) is 2.01. The standard InChI is InChI=1S/C15H28O4/c1-5-9-10-11-12-19-14(17)15(6-2,7-3)13(16)18-8-4/h5-12H2,1-4H3. The van der Waals surface area contributed by atoms with E-state index in [4.69, 9.17) is 9.47 Å². The van der Waals surface area contributed by atoms with Crippen molar-refractivity contribution in [3.8, 4) is 0 Å². The third kappa shape index (κ3) is 5.21. The average molecular weight is 272 g/mol. The largest absolute Gasteiger partial charge is 0.465 e. The van der Waals surface area contributed by atoms with Crippen LogP contribution in [0.5, 0.6) is 0 Å². The second kappa shape index (κ2) is 9.82. The lowest BCUT2D eigenvalue weighted by atomic mass is 9.82. The molecule has 0 aliphatic rings. The summed E-state index contributed by atoms with van der Waals surface area (Å²) in [5, 5.41) is 0. The molecule has 0 atom stereocenters. The van der Waals surface area contributed by atoms with E-state index in [1.807, 2.05) is 13.8 Å². The molecule has 0 aromatic rings. The van der Waals surface area contributed by atoms with E-state index < -0.39 is 17.4 Å². The maximum atomic E-state index is 12.2. The summed E-state index contributed by atoms with van der Waals surface area (Å²) in [6.45, 7) is 8.18. The molecule has 4 nitrogen and oxygen atoms in total. The average Bonchev–Trinajstić information content (AvgIpc) is 2.41. The van der Waals surface area contributed by atoms with E-state index in [0.29, 0.717) is 19.4 Å². The van der Waals surface area contributed by atoms with Crippen molar-refractivity contribution in [2.75, 3.05) is 13.2 Å². The number of unbranched alkanes of at least 4 members (excludes halogenated alkanes) is 3. The van der Waals surface area contributed by atoms with Crippen LogP contribution in [0.1, 0.15) is 66.2 Å². The first-order valence-electron chi connectivity index (χ1n) is 7.43. The Labute approximate surface area is 116 Å². The molecule has 19 heavy (non-hydrogen) atoms. The predicted octanol–water partition coefficient (Wildman–Crippen LogP) is 3.48. The summed E-state index contributed by atoms with van der Waals surface area (Å²) in [7, 11) is 0. The zero-order valence-corrected chi connectivity index (χ0v) is 12.8. The van der Waals surface area contributed by atoms with Crippen LogP contribution in [0.3, 0.4) is 0 Å². The van der Waals surface area contributed by atoms with Crippen molar-refractivity contribution in [3.63, 3.8) is 0 Å². The van der Waals surface area contributed by atoms with Crippen molar-refractivity contribution in [3.05, 3.63) is 0 Å². The highest BCUT2D eigenvalue weighted by atomic mass is 16.6. The maximum Gasteiger partial charge on any atom is 0.323 e. The Kier molecular flexibility index (Phi) is 9.27. The van der Waals surface area contributed by atoms with Crippen LogP contribution in [0, 0.1) is 5.41 Å². The zero-order chi connectivity index (χ0) is 14.7. The van der Waals surface area contributed by atoms with Crippen LogP contribution in [-0.2, 0) is 19.1 Å². The highest BCUT2D eigenvalue weighted by Gasteiger charge is 2.45. The first kappa shape index (κ1) is 17.9. The molecule has 0 unspecified atom stereocenters. The summed E-state index contributed by atoms with van der Waals surface area (Å²) >= 11 is 0. The van der Waals surface area contributed by atoms with Gasteiger partial charge in [0, 0.05) is 0 Å². The molecule has 0 radical (unpaired) electrons. The predicted molar refractivity (Wildman–Crippen MR) is 74.7 cm³/mol.